The van der Waals surface area contributed by atoms with Gasteiger partial charge in [0.15, 0.2) is 5.82 Å². The summed E-state index contributed by atoms with van der Waals surface area (Å²) in [5, 5.41) is 12.0. The number of hydrogen-bond acceptors (Lipinski definition) is 6. The monoisotopic (exact) mass is 436 g/mol. The van der Waals surface area contributed by atoms with Gasteiger partial charge in [-0.3, -0.25) is 9.69 Å². The summed E-state index contributed by atoms with van der Waals surface area (Å²) in [7, 11) is 0. The van der Waals surface area contributed by atoms with Crippen LogP contribution in [-0.4, -0.2) is 50.6 Å². The van der Waals surface area contributed by atoms with Crippen LogP contribution in [-0.2, 0) is 11.3 Å². The molecule has 8 heteroatoms. The lowest BCUT2D eigenvalue weighted by Crippen LogP contribution is -2.44. The van der Waals surface area contributed by atoms with Crippen molar-refractivity contribution in [2.75, 3.05) is 24.7 Å². The second-order valence-corrected chi connectivity index (χ2v) is 8.88. The van der Waals surface area contributed by atoms with Crippen molar-refractivity contribution >= 4 is 17.7 Å². The Hall–Kier alpha value is -2.84. The number of hydrogen-bond donors (Lipinski definition) is 2. The van der Waals surface area contributed by atoms with E-state index in [9.17, 15) is 4.79 Å². The number of likely N-dealkylation sites (tertiary alicyclic amines) is 1. The van der Waals surface area contributed by atoms with Crippen molar-refractivity contribution in [3.63, 3.8) is 0 Å². The van der Waals surface area contributed by atoms with Gasteiger partial charge in [0.2, 0.25) is 11.1 Å². The van der Waals surface area contributed by atoms with Crippen molar-refractivity contribution in [2.24, 2.45) is 0 Å². The van der Waals surface area contributed by atoms with Crippen molar-refractivity contribution in [3.05, 3.63) is 65.7 Å². The molecule has 0 saturated carbocycles. The number of thioether (sulfide) groups is 1. The molecule has 162 valence electrons. The van der Waals surface area contributed by atoms with E-state index >= 15 is 0 Å². The highest BCUT2D eigenvalue weighted by Gasteiger charge is 2.21. The Balaban J connectivity index is 1.23. The fourth-order valence-corrected chi connectivity index (χ4v) is 4.42. The van der Waals surface area contributed by atoms with Gasteiger partial charge in [-0.15, -0.1) is 10.2 Å². The number of amides is 1. The number of piperidine rings is 1. The second kappa shape index (κ2) is 9.98. The maximum absolute atomic E-state index is 12.4. The average Bonchev–Trinajstić information content (AvgIpc) is 3.15. The number of benzene rings is 2. The first-order chi connectivity index (χ1) is 15.1. The van der Waals surface area contributed by atoms with Crippen LogP contribution in [0.5, 0.6) is 0 Å². The molecule has 0 atom stereocenters. The number of aromatic nitrogens is 3. The molecule has 31 heavy (non-hydrogen) atoms. The van der Waals surface area contributed by atoms with Gasteiger partial charge in [-0.1, -0.05) is 71.9 Å². The lowest BCUT2D eigenvalue weighted by Gasteiger charge is -2.32. The van der Waals surface area contributed by atoms with E-state index in [1.807, 2.05) is 37.3 Å². The zero-order valence-corrected chi connectivity index (χ0v) is 18.5. The molecule has 1 amide bonds. The van der Waals surface area contributed by atoms with Crippen molar-refractivity contribution in [1.29, 1.82) is 0 Å². The van der Waals surface area contributed by atoms with Gasteiger partial charge in [0, 0.05) is 31.2 Å². The van der Waals surface area contributed by atoms with Crippen molar-refractivity contribution in [1.82, 2.24) is 25.1 Å². The molecule has 0 unspecified atom stereocenters. The maximum Gasteiger partial charge on any atom is 0.230 e. The fourth-order valence-electron chi connectivity index (χ4n) is 3.75. The zero-order valence-electron chi connectivity index (χ0n) is 17.7. The number of carbonyl (C=O) groups is 1. The third kappa shape index (κ3) is 5.65. The topological polar surface area (TPSA) is 89.1 Å². The highest BCUT2D eigenvalue weighted by Crippen LogP contribution is 2.22. The number of nitrogens with two attached hydrogens (primary N) is 1. The summed E-state index contributed by atoms with van der Waals surface area (Å²) < 4.78 is 1.45. The quantitative estimate of drug-likeness (QED) is 0.437. The van der Waals surface area contributed by atoms with E-state index in [0.717, 1.165) is 38.0 Å². The van der Waals surface area contributed by atoms with E-state index in [-0.39, 0.29) is 17.7 Å². The maximum atomic E-state index is 12.4. The van der Waals surface area contributed by atoms with Crippen LogP contribution in [0.2, 0.25) is 0 Å². The molecule has 0 aliphatic carbocycles. The molecule has 0 spiro atoms. The molecule has 2 heterocycles. The van der Waals surface area contributed by atoms with Crippen molar-refractivity contribution < 1.29 is 4.79 Å². The Morgan fingerprint density at radius 3 is 2.52 bits per heavy atom. The predicted octanol–water partition coefficient (Wildman–Crippen LogP) is 2.84. The SMILES string of the molecule is Cc1ccc(-c2nnc(SCC(=O)NC3CCN(Cc4ccccc4)CC3)n2N)cc1. The Labute approximate surface area is 187 Å². The van der Waals surface area contributed by atoms with Gasteiger partial charge in [-0.2, -0.15) is 0 Å². The number of carbonyl (C=O) groups excluding carboxylic acids is 1. The number of nitrogen functional groups attached to an aromatic ring is 1. The molecular formula is C23H28N6OS. The van der Waals surface area contributed by atoms with Crippen LogP contribution in [0.4, 0.5) is 0 Å². The minimum atomic E-state index is 0.00592. The molecule has 2 aromatic carbocycles. The summed E-state index contributed by atoms with van der Waals surface area (Å²) in [6, 6.07) is 18.7. The summed E-state index contributed by atoms with van der Waals surface area (Å²) in [5.74, 6) is 7.02. The Morgan fingerprint density at radius 2 is 1.81 bits per heavy atom. The minimum Gasteiger partial charge on any atom is -0.353 e. The van der Waals surface area contributed by atoms with Crippen LogP contribution in [0.3, 0.4) is 0 Å². The molecule has 3 N–H and O–H groups in total. The molecule has 4 rings (SSSR count). The standard InChI is InChI=1S/C23H28N6OS/c1-17-7-9-19(10-8-17)22-26-27-23(29(22)24)31-16-21(30)25-20-11-13-28(14-12-20)15-18-5-3-2-4-6-18/h2-10,20H,11-16,24H2,1H3,(H,25,30). The smallest absolute Gasteiger partial charge is 0.230 e. The summed E-state index contributed by atoms with van der Waals surface area (Å²) in [6.07, 6.45) is 1.93. The van der Waals surface area contributed by atoms with Crippen LogP contribution in [0, 0.1) is 6.92 Å². The molecule has 0 radical (unpaired) electrons. The molecule has 1 aliphatic heterocycles. The summed E-state index contributed by atoms with van der Waals surface area (Å²) >= 11 is 1.31. The molecule has 1 saturated heterocycles. The highest BCUT2D eigenvalue weighted by atomic mass is 32.2. The minimum absolute atomic E-state index is 0.00592. The van der Waals surface area contributed by atoms with Gasteiger partial charge in [0.1, 0.15) is 0 Å². The third-order valence-corrected chi connectivity index (χ3v) is 6.45. The first-order valence-electron chi connectivity index (χ1n) is 10.5. The molecule has 0 bridgehead atoms. The Bertz CT molecular complexity index is 997. The van der Waals surface area contributed by atoms with Crippen LogP contribution in [0.15, 0.2) is 59.8 Å². The fraction of sp³-hybridized carbons (Fsp3) is 0.348. The molecule has 1 fully saturated rings. The largest absolute Gasteiger partial charge is 0.353 e. The predicted molar refractivity (Wildman–Crippen MR) is 124 cm³/mol. The van der Waals surface area contributed by atoms with E-state index in [2.05, 4.69) is 44.7 Å². The summed E-state index contributed by atoms with van der Waals surface area (Å²) in [5.41, 5.74) is 3.40. The highest BCUT2D eigenvalue weighted by molar-refractivity contribution is 7.99. The molecular weight excluding hydrogens is 408 g/mol. The molecule has 1 aromatic heterocycles. The second-order valence-electron chi connectivity index (χ2n) is 7.93. The van der Waals surface area contributed by atoms with E-state index in [1.54, 1.807) is 0 Å². The van der Waals surface area contributed by atoms with Crippen LogP contribution in [0.25, 0.3) is 11.4 Å². The van der Waals surface area contributed by atoms with Gasteiger partial charge in [0.05, 0.1) is 5.75 Å². The summed E-state index contributed by atoms with van der Waals surface area (Å²) in [6.45, 7) is 4.98. The zero-order chi connectivity index (χ0) is 21.6. The normalized spacial score (nSPS) is 15.1. The Morgan fingerprint density at radius 1 is 1.10 bits per heavy atom. The molecule has 1 aliphatic rings. The van der Waals surface area contributed by atoms with Gasteiger partial charge < -0.3 is 11.2 Å². The first-order valence-corrected chi connectivity index (χ1v) is 11.5. The molecule has 7 nitrogen and oxygen atoms in total. The summed E-state index contributed by atoms with van der Waals surface area (Å²) in [4.78, 5) is 14.9. The van der Waals surface area contributed by atoms with Gasteiger partial charge in [-0.25, -0.2) is 4.68 Å². The van der Waals surface area contributed by atoms with Crippen LogP contribution in [0.1, 0.15) is 24.0 Å². The number of nitrogens with one attached hydrogen (secondary N) is 1. The van der Waals surface area contributed by atoms with Gasteiger partial charge >= 0.3 is 0 Å². The van der Waals surface area contributed by atoms with Crippen molar-refractivity contribution in [2.45, 2.75) is 37.5 Å². The molecule has 3 aromatic rings. The van der Waals surface area contributed by atoms with E-state index < -0.39 is 0 Å². The van der Waals surface area contributed by atoms with Crippen LogP contribution < -0.4 is 11.2 Å². The van der Waals surface area contributed by atoms with E-state index in [4.69, 9.17) is 5.84 Å². The van der Waals surface area contributed by atoms with Crippen LogP contribution >= 0.6 is 11.8 Å². The number of rotatable bonds is 7. The van der Waals surface area contributed by atoms with E-state index in [0.29, 0.717) is 11.0 Å². The van der Waals surface area contributed by atoms with Gasteiger partial charge in [0.25, 0.3) is 0 Å². The van der Waals surface area contributed by atoms with Crippen molar-refractivity contribution in [3.8, 4) is 11.4 Å². The average molecular weight is 437 g/mol. The lowest BCUT2D eigenvalue weighted by atomic mass is 10.0. The number of aryl methyl sites for hydroxylation is 1. The Kier molecular flexibility index (Phi) is 6.89. The number of nitrogens with zero attached hydrogens (tertiary/aromatic N) is 4. The first kappa shape index (κ1) is 21.4. The third-order valence-electron chi connectivity index (χ3n) is 5.51. The van der Waals surface area contributed by atoms with Gasteiger partial charge in [-0.05, 0) is 25.3 Å². The van der Waals surface area contributed by atoms with E-state index in [1.165, 1.54) is 27.6 Å². The lowest BCUT2D eigenvalue weighted by molar-refractivity contribution is -0.119.